The SMILES string of the molecule is COc1ccc(F)c(-n2c(=S)[nH]c3cc(Cl)c(F)cc32)c1. The molecule has 0 radical (unpaired) electrons. The van der Waals surface area contributed by atoms with Gasteiger partial charge in [0, 0.05) is 12.1 Å². The minimum absolute atomic E-state index is 0.0305. The number of methoxy groups -OCH3 is 1. The van der Waals surface area contributed by atoms with Crippen LogP contribution in [0.4, 0.5) is 8.78 Å². The van der Waals surface area contributed by atoms with Gasteiger partial charge in [-0.2, -0.15) is 0 Å². The van der Waals surface area contributed by atoms with Gasteiger partial charge in [0.25, 0.3) is 0 Å². The molecule has 0 unspecified atom stereocenters. The molecule has 3 aromatic rings. The molecule has 0 aliphatic carbocycles. The van der Waals surface area contributed by atoms with Crippen molar-refractivity contribution in [2.24, 2.45) is 0 Å². The summed E-state index contributed by atoms with van der Waals surface area (Å²) in [6.45, 7) is 0. The normalized spacial score (nSPS) is 11.0. The van der Waals surface area contributed by atoms with Crippen molar-refractivity contribution in [2.75, 3.05) is 7.11 Å². The Morgan fingerprint density at radius 2 is 1.95 bits per heavy atom. The van der Waals surface area contributed by atoms with Crippen LogP contribution in [0.1, 0.15) is 0 Å². The van der Waals surface area contributed by atoms with Crippen molar-refractivity contribution in [1.82, 2.24) is 9.55 Å². The number of nitrogens with one attached hydrogen (secondary N) is 1. The molecule has 0 atom stereocenters. The van der Waals surface area contributed by atoms with Gasteiger partial charge in [-0.1, -0.05) is 11.6 Å². The zero-order valence-electron chi connectivity index (χ0n) is 10.8. The standard InChI is InChI=1S/C14H9ClF2N2OS/c1-20-7-2-3-9(16)12(4-7)19-13-6-10(17)8(15)5-11(13)18-14(19)21/h2-6H,1H3,(H,18,21). The van der Waals surface area contributed by atoms with E-state index in [1.807, 2.05) is 0 Å². The summed E-state index contributed by atoms with van der Waals surface area (Å²) in [5.74, 6) is -0.629. The van der Waals surface area contributed by atoms with Crippen LogP contribution >= 0.6 is 23.8 Å². The number of halogens is 3. The van der Waals surface area contributed by atoms with Crippen LogP contribution in [-0.2, 0) is 0 Å². The summed E-state index contributed by atoms with van der Waals surface area (Å²) in [4.78, 5) is 2.88. The zero-order chi connectivity index (χ0) is 15.1. The Morgan fingerprint density at radius 1 is 1.19 bits per heavy atom. The molecule has 3 rings (SSSR count). The summed E-state index contributed by atoms with van der Waals surface area (Å²) in [5.41, 5.74) is 1.09. The lowest BCUT2D eigenvalue weighted by molar-refractivity contribution is 0.413. The van der Waals surface area contributed by atoms with Gasteiger partial charge in [-0.15, -0.1) is 0 Å². The number of aromatic amines is 1. The molecule has 1 N–H and O–H groups in total. The van der Waals surface area contributed by atoms with Gasteiger partial charge in [0.05, 0.1) is 28.9 Å². The molecule has 0 saturated carbocycles. The summed E-state index contributed by atoms with van der Waals surface area (Å²) in [6.07, 6.45) is 0. The smallest absolute Gasteiger partial charge is 0.182 e. The van der Waals surface area contributed by atoms with Gasteiger partial charge in [-0.3, -0.25) is 4.57 Å². The van der Waals surface area contributed by atoms with Gasteiger partial charge in [-0.05, 0) is 30.4 Å². The Balaban J connectivity index is 2.37. The van der Waals surface area contributed by atoms with Crippen LogP contribution in [0, 0.1) is 16.4 Å². The Kier molecular flexibility index (Phi) is 3.43. The van der Waals surface area contributed by atoms with Crippen molar-refractivity contribution < 1.29 is 13.5 Å². The molecule has 0 aliphatic rings. The quantitative estimate of drug-likeness (QED) is 0.696. The number of nitrogens with zero attached hydrogens (tertiary/aromatic N) is 1. The van der Waals surface area contributed by atoms with Gasteiger partial charge in [-0.25, -0.2) is 8.78 Å². The van der Waals surface area contributed by atoms with Gasteiger partial charge < -0.3 is 9.72 Å². The summed E-state index contributed by atoms with van der Waals surface area (Å²) >= 11 is 10.9. The lowest BCUT2D eigenvalue weighted by atomic mass is 10.2. The van der Waals surface area contributed by atoms with Crippen LogP contribution in [-0.4, -0.2) is 16.7 Å². The number of fused-ring (bicyclic) bond motifs is 1. The molecule has 21 heavy (non-hydrogen) atoms. The van der Waals surface area contributed by atoms with Crippen molar-refractivity contribution in [3.63, 3.8) is 0 Å². The predicted molar refractivity (Wildman–Crippen MR) is 79.9 cm³/mol. The van der Waals surface area contributed by atoms with Gasteiger partial charge in [0.1, 0.15) is 17.4 Å². The van der Waals surface area contributed by atoms with Crippen LogP contribution < -0.4 is 4.74 Å². The predicted octanol–water partition coefficient (Wildman–Crippen LogP) is 4.63. The van der Waals surface area contributed by atoms with E-state index in [0.29, 0.717) is 16.8 Å². The molecule has 0 amide bonds. The van der Waals surface area contributed by atoms with E-state index >= 15 is 0 Å². The Labute approximate surface area is 128 Å². The van der Waals surface area contributed by atoms with E-state index in [1.54, 1.807) is 0 Å². The first-order valence-electron chi connectivity index (χ1n) is 5.95. The number of H-pyrrole nitrogens is 1. The monoisotopic (exact) mass is 326 g/mol. The largest absolute Gasteiger partial charge is 0.497 e. The highest BCUT2D eigenvalue weighted by Gasteiger charge is 2.14. The molecule has 3 nitrogen and oxygen atoms in total. The molecule has 2 aromatic carbocycles. The molecule has 0 bridgehead atoms. The van der Waals surface area contributed by atoms with Crippen molar-refractivity contribution in [1.29, 1.82) is 0 Å². The third-order valence-electron chi connectivity index (χ3n) is 3.12. The average molecular weight is 327 g/mol. The number of hydrogen-bond donors (Lipinski definition) is 1. The first-order chi connectivity index (χ1) is 10.0. The molecule has 7 heteroatoms. The van der Waals surface area contributed by atoms with Gasteiger partial charge >= 0.3 is 0 Å². The Bertz CT molecular complexity index is 904. The van der Waals surface area contributed by atoms with E-state index in [1.165, 1.54) is 42.0 Å². The molecule has 0 aliphatic heterocycles. The number of imidazole rings is 1. The molecule has 108 valence electrons. The lowest BCUT2D eigenvalue weighted by Crippen LogP contribution is -1.99. The summed E-state index contributed by atoms with van der Waals surface area (Å²) in [5, 5.41) is -0.0305. The summed E-state index contributed by atoms with van der Waals surface area (Å²) < 4.78 is 34.5. The minimum atomic E-state index is -0.602. The zero-order valence-corrected chi connectivity index (χ0v) is 12.4. The fraction of sp³-hybridized carbons (Fsp3) is 0.0714. The number of hydrogen-bond acceptors (Lipinski definition) is 2. The lowest BCUT2D eigenvalue weighted by Gasteiger charge is -2.08. The van der Waals surface area contributed by atoms with E-state index in [9.17, 15) is 8.78 Å². The second-order valence-electron chi connectivity index (χ2n) is 4.37. The Morgan fingerprint density at radius 3 is 2.67 bits per heavy atom. The van der Waals surface area contributed by atoms with E-state index < -0.39 is 11.6 Å². The number of rotatable bonds is 2. The van der Waals surface area contributed by atoms with Crippen molar-refractivity contribution >= 4 is 34.9 Å². The molecule has 0 fully saturated rings. The minimum Gasteiger partial charge on any atom is -0.497 e. The molecule has 0 saturated heterocycles. The maximum atomic E-state index is 14.1. The van der Waals surface area contributed by atoms with Crippen LogP contribution in [0.15, 0.2) is 30.3 Å². The van der Waals surface area contributed by atoms with Crippen molar-refractivity contribution in [2.45, 2.75) is 0 Å². The highest BCUT2D eigenvalue weighted by molar-refractivity contribution is 7.71. The average Bonchev–Trinajstić information content (AvgIpc) is 2.75. The van der Waals surface area contributed by atoms with Crippen LogP contribution in [0.5, 0.6) is 5.75 Å². The van der Waals surface area contributed by atoms with Crippen LogP contribution in [0.3, 0.4) is 0 Å². The number of aromatic nitrogens is 2. The highest BCUT2D eigenvalue weighted by atomic mass is 35.5. The van der Waals surface area contributed by atoms with Crippen molar-refractivity contribution in [3.8, 4) is 11.4 Å². The fourth-order valence-electron chi connectivity index (χ4n) is 2.13. The first kappa shape index (κ1) is 14.0. The summed E-state index contributed by atoms with van der Waals surface area (Å²) in [7, 11) is 1.48. The summed E-state index contributed by atoms with van der Waals surface area (Å²) in [6, 6.07) is 6.88. The molecule has 1 heterocycles. The van der Waals surface area contributed by atoms with E-state index in [0.717, 1.165) is 0 Å². The molecule has 1 aromatic heterocycles. The third-order valence-corrected chi connectivity index (χ3v) is 3.69. The van der Waals surface area contributed by atoms with Gasteiger partial charge in [0.15, 0.2) is 4.77 Å². The van der Waals surface area contributed by atoms with Gasteiger partial charge in [0.2, 0.25) is 0 Å². The maximum absolute atomic E-state index is 14.1. The Hall–Kier alpha value is -1.92. The van der Waals surface area contributed by atoms with Crippen molar-refractivity contribution in [3.05, 3.63) is 51.8 Å². The van der Waals surface area contributed by atoms with E-state index in [-0.39, 0.29) is 15.5 Å². The second kappa shape index (κ2) is 5.13. The topological polar surface area (TPSA) is 29.9 Å². The molecule has 0 spiro atoms. The first-order valence-corrected chi connectivity index (χ1v) is 6.73. The molecular weight excluding hydrogens is 318 g/mol. The maximum Gasteiger partial charge on any atom is 0.182 e. The highest BCUT2D eigenvalue weighted by Crippen LogP contribution is 2.28. The fourth-order valence-corrected chi connectivity index (χ4v) is 2.60. The van der Waals surface area contributed by atoms with Crippen LogP contribution in [0.25, 0.3) is 16.7 Å². The number of benzene rings is 2. The van der Waals surface area contributed by atoms with Crippen LogP contribution in [0.2, 0.25) is 5.02 Å². The third kappa shape index (κ3) is 2.30. The molecular formula is C14H9ClF2N2OS. The second-order valence-corrected chi connectivity index (χ2v) is 5.16. The number of ether oxygens (including phenoxy) is 1. The van der Waals surface area contributed by atoms with E-state index in [4.69, 9.17) is 28.6 Å². The van der Waals surface area contributed by atoms with E-state index in [2.05, 4.69) is 4.98 Å².